The van der Waals surface area contributed by atoms with Gasteiger partial charge in [-0.15, -0.1) is 0 Å². The minimum absolute atomic E-state index is 0.0448. The first-order chi connectivity index (χ1) is 10.7. The van der Waals surface area contributed by atoms with Crippen molar-refractivity contribution in [2.24, 2.45) is 34.5 Å². The lowest BCUT2D eigenvalue weighted by Gasteiger charge is -2.62. The van der Waals surface area contributed by atoms with Crippen molar-refractivity contribution in [2.45, 2.75) is 52.6 Å². The third kappa shape index (κ3) is 2.33. The Morgan fingerprint density at radius 1 is 1.35 bits per heavy atom. The van der Waals surface area contributed by atoms with Crippen molar-refractivity contribution in [3.63, 3.8) is 0 Å². The summed E-state index contributed by atoms with van der Waals surface area (Å²) in [5, 5.41) is 12.1. The zero-order chi connectivity index (χ0) is 17.0. The van der Waals surface area contributed by atoms with E-state index < -0.39 is 5.60 Å². The van der Waals surface area contributed by atoms with Crippen molar-refractivity contribution in [3.8, 4) is 0 Å². The lowest BCUT2D eigenvalue weighted by molar-refractivity contribution is -0.163. The first kappa shape index (κ1) is 17.4. The van der Waals surface area contributed by atoms with Crippen LogP contribution >= 0.6 is 15.9 Å². The van der Waals surface area contributed by atoms with E-state index in [4.69, 9.17) is 0 Å². The molecule has 3 rings (SSSR count). The van der Waals surface area contributed by atoms with Crippen LogP contribution < -0.4 is 0 Å². The highest BCUT2D eigenvalue weighted by Gasteiger charge is 2.62. The molecule has 23 heavy (non-hydrogen) atoms. The summed E-state index contributed by atoms with van der Waals surface area (Å²) >= 11 is 3.82. The predicted octanol–water partition coefficient (Wildman–Crippen LogP) is 4.52. The average molecular weight is 381 g/mol. The molecule has 1 fully saturated rings. The van der Waals surface area contributed by atoms with Crippen molar-refractivity contribution in [1.29, 1.82) is 0 Å². The summed E-state index contributed by atoms with van der Waals surface area (Å²) in [4.78, 5) is 12.4. The van der Waals surface area contributed by atoms with Gasteiger partial charge in [0.15, 0.2) is 5.78 Å². The van der Waals surface area contributed by atoms with Crippen LogP contribution in [0.4, 0.5) is 0 Å². The Kier molecular flexibility index (Phi) is 4.21. The molecule has 0 saturated heterocycles. The van der Waals surface area contributed by atoms with Crippen LogP contribution in [-0.4, -0.2) is 21.8 Å². The van der Waals surface area contributed by atoms with E-state index in [0.717, 1.165) is 24.6 Å². The van der Waals surface area contributed by atoms with Gasteiger partial charge in [0, 0.05) is 11.2 Å². The summed E-state index contributed by atoms with van der Waals surface area (Å²) in [6, 6.07) is 0. The third-order valence-corrected chi connectivity index (χ3v) is 8.15. The third-order valence-electron chi connectivity index (χ3n) is 7.11. The van der Waals surface area contributed by atoms with Crippen molar-refractivity contribution < 1.29 is 9.90 Å². The summed E-state index contributed by atoms with van der Waals surface area (Å²) in [5.41, 5.74) is -1.23. The van der Waals surface area contributed by atoms with Gasteiger partial charge in [-0.05, 0) is 60.8 Å². The summed E-state index contributed by atoms with van der Waals surface area (Å²) in [6.45, 7) is 8.57. The van der Waals surface area contributed by atoms with Crippen LogP contribution in [0.15, 0.2) is 24.3 Å². The molecule has 0 spiro atoms. The van der Waals surface area contributed by atoms with Crippen molar-refractivity contribution in [3.05, 3.63) is 24.3 Å². The van der Waals surface area contributed by atoms with E-state index in [2.05, 4.69) is 54.9 Å². The van der Waals surface area contributed by atoms with Crippen molar-refractivity contribution in [2.75, 3.05) is 5.33 Å². The SMILES string of the molecule is CC(C)[C@@H]1CC=C[C@H]2C3[C@@](C)(C=CC(=O)[C@@]3(C)O)CCC21CBr. The first-order valence-corrected chi connectivity index (χ1v) is 10.00. The number of rotatable bonds is 2. The lowest BCUT2D eigenvalue weighted by atomic mass is 9.43. The standard InChI is InChI=1S/C20H29BrO2/c1-13(2)14-6-5-7-15-17-18(3,10-11-20(14,15)12-21)9-8-16(22)19(17,4)23/h5,7-9,13-15,17,23H,6,10-12H2,1-4H3/t14-,15-,17?,18-,19+,20?/m0/s1. The molecule has 0 aliphatic heterocycles. The van der Waals surface area contributed by atoms with Gasteiger partial charge >= 0.3 is 0 Å². The van der Waals surface area contributed by atoms with Crippen LogP contribution in [0.1, 0.15) is 47.0 Å². The Hall–Kier alpha value is -0.410. The number of fused-ring (bicyclic) bond motifs is 3. The Morgan fingerprint density at radius 2 is 2.04 bits per heavy atom. The molecule has 3 aliphatic rings. The van der Waals surface area contributed by atoms with Crippen LogP contribution in [0.3, 0.4) is 0 Å². The second-order valence-electron chi connectivity index (χ2n) is 8.74. The number of hydrogen-bond acceptors (Lipinski definition) is 2. The van der Waals surface area contributed by atoms with Gasteiger partial charge in [0.25, 0.3) is 0 Å². The quantitative estimate of drug-likeness (QED) is 0.564. The van der Waals surface area contributed by atoms with Gasteiger partial charge in [0.1, 0.15) is 5.60 Å². The molecule has 3 heteroatoms. The zero-order valence-electron chi connectivity index (χ0n) is 14.7. The van der Waals surface area contributed by atoms with Crippen LogP contribution in [0.2, 0.25) is 0 Å². The van der Waals surface area contributed by atoms with E-state index in [0.29, 0.717) is 11.8 Å². The molecular weight excluding hydrogens is 352 g/mol. The maximum absolute atomic E-state index is 12.4. The van der Waals surface area contributed by atoms with Gasteiger partial charge in [-0.1, -0.05) is 54.9 Å². The molecule has 2 nitrogen and oxygen atoms in total. The molecule has 0 aromatic heterocycles. The van der Waals surface area contributed by atoms with E-state index in [1.165, 1.54) is 0 Å². The number of ketones is 1. The molecule has 1 N–H and O–H groups in total. The Labute approximate surface area is 148 Å². The number of allylic oxidation sites excluding steroid dienone is 3. The minimum Gasteiger partial charge on any atom is -0.382 e. The monoisotopic (exact) mass is 380 g/mol. The summed E-state index contributed by atoms with van der Waals surface area (Å²) in [5.74, 6) is 1.26. The van der Waals surface area contributed by atoms with Gasteiger partial charge < -0.3 is 5.11 Å². The lowest BCUT2D eigenvalue weighted by Crippen LogP contribution is -2.62. The first-order valence-electron chi connectivity index (χ1n) is 8.88. The highest BCUT2D eigenvalue weighted by Crippen LogP contribution is 2.64. The average Bonchev–Trinajstić information content (AvgIpc) is 2.50. The largest absolute Gasteiger partial charge is 0.382 e. The van der Waals surface area contributed by atoms with Crippen LogP contribution in [-0.2, 0) is 4.79 Å². The smallest absolute Gasteiger partial charge is 0.186 e. The molecule has 1 saturated carbocycles. The molecule has 3 aliphatic carbocycles. The van der Waals surface area contributed by atoms with Crippen LogP contribution in [0.25, 0.3) is 0 Å². The number of alkyl halides is 1. The normalized spacial score (nSPS) is 49.2. The maximum atomic E-state index is 12.4. The summed E-state index contributed by atoms with van der Waals surface area (Å²) in [6.07, 6.45) is 11.6. The number of aliphatic hydroxyl groups is 1. The molecule has 0 heterocycles. The topological polar surface area (TPSA) is 37.3 Å². The summed E-state index contributed by atoms with van der Waals surface area (Å²) < 4.78 is 0. The highest BCUT2D eigenvalue weighted by molar-refractivity contribution is 9.09. The van der Waals surface area contributed by atoms with E-state index in [1.54, 1.807) is 13.0 Å². The van der Waals surface area contributed by atoms with Gasteiger partial charge in [-0.2, -0.15) is 0 Å². The Bertz CT molecular complexity index is 562. The number of halogens is 1. The molecule has 0 aromatic carbocycles. The van der Waals surface area contributed by atoms with Gasteiger partial charge in [0.2, 0.25) is 0 Å². The molecule has 2 unspecified atom stereocenters. The van der Waals surface area contributed by atoms with Crippen LogP contribution in [0, 0.1) is 34.5 Å². The minimum atomic E-state index is -1.27. The van der Waals surface area contributed by atoms with Crippen molar-refractivity contribution in [1.82, 2.24) is 0 Å². The summed E-state index contributed by atoms with van der Waals surface area (Å²) in [7, 11) is 0. The number of carbonyl (C=O) groups excluding carboxylic acids is 1. The fourth-order valence-electron chi connectivity index (χ4n) is 5.87. The second kappa shape index (κ2) is 5.56. The molecule has 0 amide bonds. The van der Waals surface area contributed by atoms with Crippen molar-refractivity contribution >= 4 is 21.7 Å². The van der Waals surface area contributed by atoms with E-state index in [9.17, 15) is 9.90 Å². The number of hydrogen-bond donors (Lipinski definition) is 1. The molecule has 0 aromatic rings. The fourth-order valence-corrected chi connectivity index (χ4v) is 6.94. The van der Waals surface area contributed by atoms with Gasteiger partial charge in [-0.25, -0.2) is 0 Å². The van der Waals surface area contributed by atoms with Crippen LogP contribution in [0.5, 0.6) is 0 Å². The van der Waals surface area contributed by atoms with Gasteiger partial charge in [-0.3, -0.25) is 4.79 Å². The van der Waals surface area contributed by atoms with E-state index >= 15 is 0 Å². The maximum Gasteiger partial charge on any atom is 0.186 e. The van der Waals surface area contributed by atoms with Gasteiger partial charge in [0.05, 0.1) is 0 Å². The highest BCUT2D eigenvalue weighted by atomic mass is 79.9. The number of carbonyl (C=O) groups is 1. The second-order valence-corrected chi connectivity index (χ2v) is 9.30. The molecular formula is C20H29BrO2. The fraction of sp³-hybridized carbons (Fsp3) is 0.750. The predicted molar refractivity (Wildman–Crippen MR) is 97.4 cm³/mol. The Morgan fingerprint density at radius 3 is 2.65 bits per heavy atom. The molecule has 0 bridgehead atoms. The molecule has 128 valence electrons. The Balaban J connectivity index is 2.14. The van der Waals surface area contributed by atoms with E-state index in [-0.39, 0.29) is 28.4 Å². The molecule has 0 radical (unpaired) electrons. The molecule has 6 atom stereocenters. The zero-order valence-corrected chi connectivity index (χ0v) is 16.3. The van der Waals surface area contributed by atoms with E-state index in [1.807, 2.05) is 0 Å².